The monoisotopic (exact) mass is 502 g/mol. The Morgan fingerprint density at radius 3 is 2.58 bits per heavy atom. The van der Waals surface area contributed by atoms with Gasteiger partial charge in [-0.25, -0.2) is 13.4 Å². The van der Waals surface area contributed by atoms with E-state index in [0.717, 1.165) is 33.4 Å². The molecule has 0 spiro atoms. The van der Waals surface area contributed by atoms with Gasteiger partial charge in [0.25, 0.3) is 5.91 Å². The molecule has 0 aliphatic carbocycles. The standard InChI is InChI=1S/C23H23ClN4O3S2/c1-14-10-18(24)13-20-21(14)25-23(32-20)27(8-9-28-16(3)11-15(2)26-28)22(29)17-6-5-7-19(12-17)33(4,30)31/h5-7,10-13H,8-9H2,1-4H3. The summed E-state index contributed by atoms with van der Waals surface area (Å²) in [5, 5.41) is 5.62. The van der Waals surface area contributed by atoms with Crippen LogP contribution in [0.15, 0.2) is 47.4 Å². The van der Waals surface area contributed by atoms with Crippen molar-refractivity contribution in [3.05, 3.63) is 70.0 Å². The number of rotatable bonds is 6. The fourth-order valence-electron chi connectivity index (χ4n) is 3.65. The molecule has 0 atom stereocenters. The summed E-state index contributed by atoms with van der Waals surface area (Å²) < 4.78 is 26.8. The average molecular weight is 503 g/mol. The second-order valence-corrected chi connectivity index (χ2v) is 11.4. The number of aryl methyl sites for hydroxylation is 3. The van der Waals surface area contributed by atoms with E-state index < -0.39 is 9.84 Å². The second kappa shape index (κ2) is 8.89. The number of halogens is 1. The summed E-state index contributed by atoms with van der Waals surface area (Å²) in [6.45, 7) is 6.59. The molecule has 0 aliphatic heterocycles. The molecule has 0 fully saturated rings. The Hall–Kier alpha value is -2.75. The first-order chi connectivity index (χ1) is 15.5. The molecule has 4 rings (SSSR count). The molecule has 7 nitrogen and oxygen atoms in total. The Bertz CT molecular complexity index is 1470. The quantitative estimate of drug-likeness (QED) is 0.377. The summed E-state index contributed by atoms with van der Waals surface area (Å²) in [7, 11) is -3.45. The maximum atomic E-state index is 13.6. The Balaban J connectivity index is 1.76. The molecule has 0 N–H and O–H groups in total. The van der Waals surface area contributed by atoms with Gasteiger partial charge in [0.2, 0.25) is 0 Å². The van der Waals surface area contributed by atoms with Gasteiger partial charge >= 0.3 is 0 Å². The highest BCUT2D eigenvalue weighted by molar-refractivity contribution is 7.90. The molecule has 0 saturated carbocycles. The Morgan fingerprint density at radius 2 is 1.91 bits per heavy atom. The van der Waals surface area contributed by atoms with E-state index in [1.165, 1.54) is 23.5 Å². The van der Waals surface area contributed by atoms with Gasteiger partial charge < -0.3 is 0 Å². The number of amides is 1. The predicted octanol–water partition coefficient (Wildman–Crippen LogP) is 4.82. The molecule has 1 amide bonds. The second-order valence-electron chi connectivity index (χ2n) is 7.97. The van der Waals surface area contributed by atoms with E-state index in [-0.39, 0.29) is 16.4 Å². The Morgan fingerprint density at radius 1 is 1.15 bits per heavy atom. The Kier molecular flexibility index (Phi) is 6.30. The average Bonchev–Trinajstić information content (AvgIpc) is 3.30. The van der Waals surface area contributed by atoms with E-state index in [1.807, 2.05) is 43.7 Å². The fourth-order valence-corrected chi connectivity index (χ4v) is 5.77. The van der Waals surface area contributed by atoms with Crippen LogP contribution in [0.1, 0.15) is 27.3 Å². The molecule has 0 bridgehead atoms. The van der Waals surface area contributed by atoms with Crippen molar-refractivity contribution in [2.45, 2.75) is 32.2 Å². The van der Waals surface area contributed by atoms with E-state index in [4.69, 9.17) is 16.6 Å². The summed E-state index contributed by atoms with van der Waals surface area (Å²) in [4.78, 5) is 20.0. The van der Waals surface area contributed by atoms with Crippen LogP contribution >= 0.6 is 22.9 Å². The molecular weight excluding hydrogens is 480 g/mol. The third kappa shape index (κ3) is 4.95. The van der Waals surface area contributed by atoms with Crippen molar-refractivity contribution in [2.75, 3.05) is 17.7 Å². The first-order valence-corrected chi connectivity index (χ1v) is 13.3. The number of benzene rings is 2. The molecule has 0 unspecified atom stereocenters. The highest BCUT2D eigenvalue weighted by Crippen LogP contribution is 2.33. The summed E-state index contributed by atoms with van der Waals surface area (Å²) in [5.41, 5.74) is 3.88. The number of sulfone groups is 1. The van der Waals surface area contributed by atoms with Gasteiger partial charge in [-0.05, 0) is 62.7 Å². The first-order valence-electron chi connectivity index (χ1n) is 10.2. The van der Waals surface area contributed by atoms with Gasteiger partial charge in [-0.1, -0.05) is 29.0 Å². The van der Waals surface area contributed by atoms with Gasteiger partial charge in [0, 0.05) is 29.1 Å². The van der Waals surface area contributed by atoms with Crippen molar-refractivity contribution < 1.29 is 13.2 Å². The summed E-state index contributed by atoms with van der Waals surface area (Å²) in [5.74, 6) is -0.329. The number of anilines is 1. The van der Waals surface area contributed by atoms with Gasteiger partial charge in [-0.2, -0.15) is 5.10 Å². The zero-order chi connectivity index (χ0) is 23.9. The van der Waals surface area contributed by atoms with Crippen LogP contribution in [0.5, 0.6) is 0 Å². The minimum absolute atomic E-state index is 0.0961. The van der Waals surface area contributed by atoms with Gasteiger partial charge in [0.05, 0.1) is 27.4 Å². The molecule has 10 heteroatoms. The van der Waals surface area contributed by atoms with Gasteiger partial charge in [-0.15, -0.1) is 0 Å². The van der Waals surface area contributed by atoms with Crippen molar-refractivity contribution in [1.29, 1.82) is 0 Å². The van der Waals surface area contributed by atoms with E-state index in [0.29, 0.717) is 23.2 Å². The lowest BCUT2D eigenvalue weighted by molar-refractivity contribution is 0.0985. The number of carbonyl (C=O) groups is 1. The van der Waals surface area contributed by atoms with E-state index in [9.17, 15) is 13.2 Å². The van der Waals surface area contributed by atoms with Crippen molar-refractivity contribution in [3.63, 3.8) is 0 Å². The lowest BCUT2D eigenvalue weighted by atomic mass is 10.2. The van der Waals surface area contributed by atoms with Crippen molar-refractivity contribution in [3.8, 4) is 0 Å². The van der Waals surface area contributed by atoms with Crippen LogP contribution in [0.25, 0.3) is 10.2 Å². The molecule has 33 heavy (non-hydrogen) atoms. The normalized spacial score (nSPS) is 11.8. The van der Waals surface area contributed by atoms with Crippen LogP contribution in [0, 0.1) is 20.8 Å². The molecule has 2 aromatic heterocycles. The number of hydrogen-bond acceptors (Lipinski definition) is 6. The van der Waals surface area contributed by atoms with Gasteiger partial charge in [0.1, 0.15) is 0 Å². The zero-order valence-electron chi connectivity index (χ0n) is 18.7. The van der Waals surface area contributed by atoms with Crippen LogP contribution in [-0.4, -0.2) is 41.9 Å². The maximum Gasteiger partial charge on any atom is 0.260 e. The van der Waals surface area contributed by atoms with Gasteiger partial charge in [0.15, 0.2) is 15.0 Å². The van der Waals surface area contributed by atoms with E-state index in [1.54, 1.807) is 17.0 Å². The molecule has 2 aromatic carbocycles. The molecule has 0 saturated heterocycles. The molecular formula is C23H23ClN4O3S2. The van der Waals surface area contributed by atoms with Crippen molar-refractivity contribution in [1.82, 2.24) is 14.8 Å². The van der Waals surface area contributed by atoms with Gasteiger partial charge in [-0.3, -0.25) is 14.4 Å². The minimum atomic E-state index is -3.45. The highest BCUT2D eigenvalue weighted by atomic mass is 35.5. The smallest absolute Gasteiger partial charge is 0.260 e. The SMILES string of the molecule is Cc1cc(C)n(CCN(C(=O)c2cccc(S(C)(=O)=O)c2)c2nc3c(C)cc(Cl)cc3s2)n1. The number of nitrogens with zero attached hydrogens (tertiary/aromatic N) is 4. The third-order valence-corrected chi connectivity index (χ3v) is 7.62. The number of fused-ring (bicyclic) bond motifs is 1. The first kappa shape index (κ1) is 23.4. The van der Waals surface area contributed by atoms with Crippen molar-refractivity contribution >= 4 is 54.0 Å². The summed E-state index contributed by atoms with van der Waals surface area (Å²) in [6, 6.07) is 11.7. The maximum absolute atomic E-state index is 13.6. The summed E-state index contributed by atoms with van der Waals surface area (Å²) >= 11 is 7.59. The van der Waals surface area contributed by atoms with Crippen molar-refractivity contribution in [2.24, 2.45) is 0 Å². The Labute approximate surface area is 201 Å². The number of carbonyl (C=O) groups excluding carboxylic acids is 1. The largest absolute Gasteiger partial charge is 0.282 e. The topological polar surface area (TPSA) is 85.2 Å². The number of aromatic nitrogens is 3. The predicted molar refractivity (Wildman–Crippen MR) is 132 cm³/mol. The van der Waals surface area contributed by atoms with Crippen LogP contribution in [0.4, 0.5) is 5.13 Å². The lowest BCUT2D eigenvalue weighted by Gasteiger charge is -2.20. The minimum Gasteiger partial charge on any atom is -0.282 e. The number of hydrogen-bond donors (Lipinski definition) is 0. The molecule has 0 aliphatic rings. The molecule has 172 valence electrons. The zero-order valence-corrected chi connectivity index (χ0v) is 21.1. The van der Waals surface area contributed by atoms with E-state index in [2.05, 4.69) is 5.10 Å². The van der Waals surface area contributed by atoms with Crippen LogP contribution < -0.4 is 4.90 Å². The summed E-state index contributed by atoms with van der Waals surface area (Å²) in [6.07, 6.45) is 1.12. The van der Waals surface area contributed by atoms with Crippen LogP contribution in [0.3, 0.4) is 0 Å². The third-order valence-electron chi connectivity index (χ3n) is 5.26. The van der Waals surface area contributed by atoms with Crippen LogP contribution in [0.2, 0.25) is 5.02 Å². The molecule has 2 heterocycles. The molecule has 0 radical (unpaired) electrons. The fraction of sp³-hybridized carbons (Fsp3) is 0.261. The number of thiazole rings is 1. The molecule has 4 aromatic rings. The highest BCUT2D eigenvalue weighted by Gasteiger charge is 2.23. The van der Waals surface area contributed by atoms with Crippen LogP contribution in [-0.2, 0) is 16.4 Å². The van der Waals surface area contributed by atoms with E-state index >= 15 is 0 Å². The lowest BCUT2D eigenvalue weighted by Crippen LogP contribution is -2.34.